The van der Waals surface area contributed by atoms with Gasteiger partial charge < -0.3 is 0 Å². The predicted molar refractivity (Wildman–Crippen MR) is 39.3 cm³/mol. The van der Waals surface area contributed by atoms with Gasteiger partial charge in [0.25, 0.3) is 0 Å². The molecule has 0 saturated heterocycles. The molecule has 0 aliphatic heterocycles. The summed E-state index contributed by atoms with van der Waals surface area (Å²) in [4.78, 5) is 0. The Labute approximate surface area is 65.1 Å². The van der Waals surface area contributed by atoms with E-state index in [2.05, 4.69) is 0 Å². The highest BCUT2D eigenvalue weighted by Crippen LogP contribution is 2.25. The highest BCUT2D eigenvalue weighted by Gasteiger charge is 2.29. The van der Waals surface area contributed by atoms with Crippen LogP contribution in [0, 0.1) is 0 Å². The van der Waals surface area contributed by atoms with Gasteiger partial charge in [0, 0.05) is 5.57 Å². The van der Waals surface area contributed by atoms with Crippen molar-refractivity contribution in [2.45, 2.75) is 39.3 Å². The molecule has 0 N–H and O–H groups in total. The molecule has 0 nitrogen and oxygen atoms in total. The Morgan fingerprint density at radius 3 is 2.27 bits per heavy atom. The number of hydrogen-bond donors (Lipinski definition) is 0. The van der Waals surface area contributed by atoms with Crippen LogP contribution in [-0.4, -0.2) is 6.18 Å². The number of unbranched alkanes of at least 4 members (excludes halogenated alkanes) is 2. The van der Waals surface area contributed by atoms with Crippen molar-refractivity contribution in [3.63, 3.8) is 0 Å². The van der Waals surface area contributed by atoms with Gasteiger partial charge in [-0.25, -0.2) is 0 Å². The van der Waals surface area contributed by atoms with Gasteiger partial charge in [-0.05, 0) is 13.3 Å². The Morgan fingerprint density at radius 2 is 1.91 bits per heavy atom. The minimum Gasteiger partial charge on any atom is -0.167 e. The number of rotatable bonds is 3. The lowest BCUT2D eigenvalue weighted by atomic mass is 10.2. The summed E-state index contributed by atoms with van der Waals surface area (Å²) < 4.78 is 35.4. The van der Waals surface area contributed by atoms with E-state index >= 15 is 0 Å². The standard InChI is InChI=1S/C8H13F3/c1-3-4-5-6-7(2)8(9,10)11/h6H,3-5H2,1-2H3. The fourth-order valence-corrected chi connectivity index (χ4v) is 0.638. The average Bonchev–Trinajstić information content (AvgIpc) is 1.86. The second-order valence-electron chi connectivity index (χ2n) is 2.53. The maximum absolute atomic E-state index is 11.8. The number of allylic oxidation sites excluding steroid dienone is 2. The van der Waals surface area contributed by atoms with Crippen molar-refractivity contribution in [3.05, 3.63) is 11.6 Å². The van der Waals surface area contributed by atoms with Gasteiger partial charge in [-0.2, -0.15) is 13.2 Å². The molecule has 0 aromatic heterocycles. The van der Waals surface area contributed by atoms with E-state index < -0.39 is 11.7 Å². The summed E-state index contributed by atoms with van der Waals surface area (Å²) in [6.45, 7) is 3.06. The molecular weight excluding hydrogens is 153 g/mol. The third-order valence-corrected chi connectivity index (χ3v) is 1.46. The second-order valence-corrected chi connectivity index (χ2v) is 2.53. The molecule has 0 unspecified atom stereocenters. The molecule has 0 radical (unpaired) electrons. The first-order valence-corrected chi connectivity index (χ1v) is 3.72. The van der Waals surface area contributed by atoms with Crippen LogP contribution in [0.2, 0.25) is 0 Å². The Bertz CT molecular complexity index is 133. The van der Waals surface area contributed by atoms with Crippen molar-refractivity contribution in [1.29, 1.82) is 0 Å². The quantitative estimate of drug-likeness (QED) is 0.443. The summed E-state index contributed by atoms with van der Waals surface area (Å²) >= 11 is 0. The fraction of sp³-hybridized carbons (Fsp3) is 0.750. The molecule has 0 fully saturated rings. The van der Waals surface area contributed by atoms with E-state index in [4.69, 9.17) is 0 Å². The van der Waals surface area contributed by atoms with Crippen molar-refractivity contribution in [3.8, 4) is 0 Å². The third-order valence-electron chi connectivity index (χ3n) is 1.46. The summed E-state index contributed by atoms with van der Waals surface area (Å²) in [6, 6.07) is 0. The summed E-state index contributed by atoms with van der Waals surface area (Å²) in [5, 5.41) is 0. The lowest BCUT2D eigenvalue weighted by Gasteiger charge is -2.05. The van der Waals surface area contributed by atoms with Gasteiger partial charge in [0.2, 0.25) is 0 Å². The minimum absolute atomic E-state index is 0.481. The van der Waals surface area contributed by atoms with Crippen molar-refractivity contribution in [1.82, 2.24) is 0 Å². The molecule has 11 heavy (non-hydrogen) atoms. The van der Waals surface area contributed by atoms with Crippen LogP contribution in [0.3, 0.4) is 0 Å². The van der Waals surface area contributed by atoms with E-state index in [9.17, 15) is 13.2 Å². The highest BCUT2D eigenvalue weighted by atomic mass is 19.4. The maximum Gasteiger partial charge on any atom is 0.412 e. The molecule has 0 rings (SSSR count). The van der Waals surface area contributed by atoms with Crippen molar-refractivity contribution < 1.29 is 13.2 Å². The molecule has 0 aliphatic carbocycles. The van der Waals surface area contributed by atoms with E-state index in [1.165, 1.54) is 6.08 Å². The van der Waals surface area contributed by atoms with Gasteiger partial charge >= 0.3 is 6.18 Å². The first-order chi connectivity index (χ1) is 4.98. The van der Waals surface area contributed by atoms with Gasteiger partial charge in [0.15, 0.2) is 0 Å². The first kappa shape index (κ1) is 10.5. The largest absolute Gasteiger partial charge is 0.412 e. The molecule has 0 saturated carbocycles. The van der Waals surface area contributed by atoms with E-state index in [1.54, 1.807) is 0 Å². The third kappa shape index (κ3) is 4.87. The van der Waals surface area contributed by atoms with Gasteiger partial charge in [-0.15, -0.1) is 0 Å². The maximum atomic E-state index is 11.8. The zero-order chi connectivity index (χ0) is 8.91. The molecule has 0 aliphatic rings. The number of alkyl halides is 3. The van der Waals surface area contributed by atoms with Crippen LogP contribution in [-0.2, 0) is 0 Å². The number of halogens is 3. The van der Waals surface area contributed by atoms with Crippen LogP contribution < -0.4 is 0 Å². The SMILES string of the molecule is CCCCC=C(C)C(F)(F)F. The molecule has 66 valence electrons. The molecular formula is C8H13F3. The fourth-order valence-electron chi connectivity index (χ4n) is 0.638. The molecule has 0 aromatic carbocycles. The van der Waals surface area contributed by atoms with E-state index in [-0.39, 0.29) is 0 Å². The molecule has 0 atom stereocenters. The van der Waals surface area contributed by atoms with Gasteiger partial charge in [0.1, 0.15) is 0 Å². The Hall–Kier alpha value is -0.470. The molecule has 0 heterocycles. The lowest BCUT2D eigenvalue weighted by molar-refractivity contribution is -0.0915. The summed E-state index contributed by atoms with van der Waals surface area (Å²) in [6.07, 6.45) is -0.589. The zero-order valence-electron chi connectivity index (χ0n) is 6.83. The van der Waals surface area contributed by atoms with E-state index in [0.29, 0.717) is 6.42 Å². The van der Waals surface area contributed by atoms with Crippen LogP contribution in [0.1, 0.15) is 33.1 Å². The van der Waals surface area contributed by atoms with Crippen LogP contribution in [0.5, 0.6) is 0 Å². The van der Waals surface area contributed by atoms with E-state index in [0.717, 1.165) is 19.8 Å². The van der Waals surface area contributed by atoms with Gasteiger partial charge in [0.05, 0.1) is 0 Å². The normalized spacial score (nSPS) is 13.7. The molecule has 0 spiro atoms. The zero-order valence-corrected chi connectivity index (χ0v) is 6.83. The Balaban J connectivity index is 3.81. The van der Waals surface area contributed by atoms with Crippen molar-refractivity contribution in [2.24, 2.45) is 0 Å². The second kappa shape index (κ2) is 4.42. The smallest absolute Gasteiger partial charge is 0.167 e. The average molecular weight is 166 g/mol. The highest BCUT2D eigenvalue weighted by molar-refractivity contribution is 5.04. The molecule has 3 heteroatoms. The topological polar surface area (TPSA) is 0 Å². The summed E-state index contributed by atoms with van der Waals surface area (Å²) in [5.41, 5.74) is -0.481. The van der Waals surface area contributed by atoms with Crippen molar-refractivity contribution >= 4 is 0 Å². The van der Waals surface area contributed by atoms with Crippen LogP contribution in [0.4, 0.5) is 13.2 Å². The van der Waals surface area contributed by atoms with Gasteiger partial charge in [-0.3, -0.25) is 0 Å². The van der Waals surface area contributed by atoms with Crippen LogP contribution in [0.25, 0.3) is 0 Å². The monoisotopic (exact) mass is 166 g/mol. The lowest BCUT2D eigenvalue weighted by Crippen LogP contribution is -2.08. The van der Waals surface area contributed by atoms with Gasteiger partial charge in [-0.1, -0.05) is 25.8 Å². The Kier molecular flexibility index (Phi) is 4.23. The summed E-state index contributed by atoms with van der Waals surface area (Å²) in [5.74, 6) is 0. The van der Waals surface area contributed by atoms with Crippen molar-refractivity contribution in [2.75, 3.05) is 0 Å². The van der Waals surface area contributed by atoms with Crippen LogP contribution in [0.15, 0.2) is 11.6 Å². The molecule has 0 amide bonds. The summed E-state index contributed by atoms with van der Waals surface area (Å²) in [7, 11) is 0. The predicted octanol–water partition coefficient (Wildman–Crippen LogP) is 3.69. The first-order valence-electron chi connectivity index (χ1n) is 3.72. The molecule has 0 bridgehead atoms. The van der Waals surface area contributed by atoms with E-state index in [1.807, 2.05) is 6.92 Å². The Morgan fingerprint density at radius 1 is 1.36 bits per heavy atom. The number of hydrogen-bond acceptors (Lipinski definition) is 0. The molecule has 0 aromatic rings. The van der Waals surface area contributed by atoms with Crippen LogP contribution >= 0.6 is 0 Å². The minimum atomic E-state index is -4.13.